The molecule has 0 aliphatic rings. The van der Waals surface area contributed by atoms with Gasteiger partial charge in [0.15, 0.2) is 5.49 Å². The Morgan fingerprint density at radius 3 is 3.09 bits per heavy atom. The average molecular weight is 149 g/mol. The molecular formula is C8H11N3. The van der Waals surface area contributed by atoms with Gasteiger partial charge in [0.1, 0.15) is 0 Å². The smallest absolute Gasteiger partial charge is 0.156 e. The molecular weight excluding hydrogens is 138 g/mol. The normalized spacial score (nSPS) is 11.2. The molecule has 1 N–H and O–H groups in total. The second kappa shape index (κ2) is 3.61. The third kappa shape index (κ3) is 1.70. The second-order valence-corrected chi connectivity index (χ2v) is 1.98. The van der Waals surface area contributed by atoms with Crippen molar-refractivity contribution in [3.8, 4) is 0 Å². The van der Waals surface area contributed by atoms with Gasteiger partial charge in [-0.05, 0) is 12.1 Å². The molecule has 0 amide bonds. The van der Waals surface area contributed by atoms with E-state index >= 15 is 0 Å². The Hall–Kier alpha value is -1.51. The Kier molecular flexibility index (Phi) is 2.49. The molecule has 0 saturated heterocycles. The summed E-state index contributed by atoms with van der Waals surface area (Å²) in [5.41, 5.74) is 3.55. The van der Waals surface area contributed by atoms with Crippen LogP contribution in [0.2, 0.25) is 0 Å². The Balaban J connectivity index is 3.23. The molecule has 0 saturated carbocycles. The minimum absolute atomic E-state index is 0.838. The van der Waals surface area contributed by atoms with E-state index < -0.39 is 0 Å². The van der Waals surface area contributed by atoms with E-state index in [0.29, 0.717) is 0 Å². The molecule has 58 valence electrons. The lowest BCUT2D eigenvalue weighted by molar-refractivity contribution is 0.813. The minimum Gasteiger partial charge on any atom is -0.311 e. The van der Waals surface area contributed by atoms with Gasteiger partial charge < -0.3 is 9.99 Å². The van der Waals surface area contributed by atoms with Crippen LogP contribution in [-0.2, 0) is 0 Å². The lowest BCUT2D eigenvalue weighted by Gasteiger charge is -1.97. The summed E-state index contributed by atoms with van der Waals surface area (Å²) in [6, 6.07) is 5.75. The summed E-state index contributed by atoms with van der Waals surface area (Å²) in [4.78, 5) is 0. The molecule has 11 heavy (non-hydrogen) atoms. The van der Waals surface area contributed by atoms with E-state index in [2.05, 4.69) is 17.1 Å². The number of nitrogens with one attached hydrogen (secondary N) is 1. The number of rotatable bonds is 2. The van der Waals surface area contributed by atoms with Gasteiger partial charge in [-0.25, -0.2) is 0 Å². The zero-order valence-corrected chi connectivity index (χ0v) is 6.49. The number of nitrogens with zero attached hydrogens (tertiary/aromatic N) is 2. The van der Waals surface area contributed by atoms with Crippen molar-refractivity contribution in [2.24, 2.45) is 5.10 Å². The Bertz CT molecular complexity index is 298. The van der Waals surface area contributed by atoms with Crippen molar-refractivity contribution in [3.05, 3.63) is 36.5 Å². The fourth-order valence-corrected chi connectivity index (χ4v) is 0.810. The van der Waals surface area contributed by atoms with E-state index in [9.17, 15) is 0 Å². The van der Waals surface area contributed by atoms with Gasteiger partial charge in [0.05, 0.1) is 0 Å². The quantitative estimate of drug-likeness (QED) is 0.614. The highest BCUT2D eigenvalue weighted by Crippen LogP contribution is 1.80. The topological polar surface area (TPSA) is 29.3 Å². The first kappa shape index (κ1) is 7.60. The fraction of sp³-hybridized carbons (Fsp3) is 0.125. The third-order valence-corrected chi connectivity index (χ3v) is 1.29. The van der Waals surface area contributed by atoms with Crippen LogP contribution in [0, 0.1) is 0 Å². The maximum atomic E-state index is 4.02. The molecule has 0 radical (unpaired) electrons. The summed E-state index contributed by atoms with van der Waals surface area (Å²) in [6.45, 7) is 3.65. The van der Waals surface area contributed by atoms with Gasteiger partial charge in [-0.1, -0.05) is 12.6 Å². The van der Waals surface area contributed by atoms with Crippen LogP contribution in [0.5, 0.6) is 0 Å². The molecule has 3 heteroatoms. The van der Waals surface area contributed by atoms with Crippen LogP contribution in [0.4, 0.5) is 0 Å². The molecule has 0 bridgehead atoms. The molecule has 3 nitrogen and oxygen atoms in total. The van der Waals surface area contributed by atoms with Crippen molar-refractivity contribution in [3.63, 3.8) is 0 Å². The Labute approximate surface area is 65.7 Å². The van der Waals surface area contributed by atoms with Gasteiger partial charge in [0.25, 0.3) is 0 Å². The van der Waals surface area contributed by atoms with Crippen molar-refractivity contribution < 1.29 is 0 Å². The van der Waals surface area contributed by atoms with Crippen LogP contribution in [-0.4, -0.2) is 11.6 Å². The van der Waals surface area contributed by atoms with E-state index in [1.807, 2.05) is 29.0 Å². The predicted octanol–water partition coefficient (Wildman–Crippen LogP) is 0.624. The van der Waals surface area contributed by atoms with Gasteiger partial charge in [-0.15, -0.1) is 0 Å². The summed E-state index contributed by atoms with van der Waals surface area (Å²) >= 11 is 0. The summed E-state index contributed by atoms with van der Waals surface area (Å²) < 4.78 is 1.83. The van der Waals surface area contributed by atoms with Gasteiger partial charge in [0.2, 0.25) is 0 Å². The molecule has 0 aromatic carbocycles. The first-order valence-corrected chi connectivity index (χ1v) is 3.38. The highest BCUT2D eigenvalue weighted by Gasteiger charge is 1.82. The van der Waals surface area contributed by atoms with Crippen molar-refractivity contribution in [1.29, 1.82) is 0 Å². The maximum absolute atomic E-state index is 4.02. The maximum Gasteiger partial charge on any atom is 0.156 e. The number of aromatic nitrogens is 1. The van der Waals surface area contributed by atoms with Crippen LogP contribution < -0.4 is 10.9 Å². The van der Waals surface area contributed by atoms with Crippen molar-refractivity contribution in [1.82, 2.24) is 9.99 Å². The van der Waals surface area contributed by atoms with Crippen molar-refractivity contribution in [2.75, 3.05) is 7.05 Å². The monoisotopic (exact) mass is 149 g/mol. The second-order valence-electron chi connectivity index (χ2n) is 1.98. The van der Waals surface area contributed by atoms with Crippen molar-refractivity contribution in [2.45, 2.75) is 0 Å². The number of hydrogen-bond acceptors (Lipinski definition) is 2. The van der Waals surface area contributed by atoms with Crippen LogP contribution in [0.15, 0.2) is 36.1 Å². The minimum atomic E-state index is 0.838. The average Bonchev–Trinajstić information content (AvgIpc) is 2.06. The molecule has 0 atom stereocenters. The Morgan fingerprint density at radius 1 is 1.64 bits per heavy atom. The third-order valence-electron chi connectivity index (χ3n) is 1.29. The highest BCUT2D eigenvalue weighted by atomic mass is 15.3. The van der Waals surface area contributed by atoms with Gasteiger partial charge in [-0.2, -0.15) is 5.10 Å². The fourth-order valence-electron chi connectivity index (χ4n) is 0.810. The summed E-state index contributed by atoms with van der Waals surface area (Å²) in [5.74, 6) is 0. The molecule has 1 aromatic heterocycles. The summed E-state index contributed by atoms with van der Waals surface area (Å²) in [6.07, 6.45) is 3.60. The first-order chi connectivity index (χ1) is 5.38. The number of hydrogen-bond donors (Lipinski definition) is 1. The van der Waals surface area contributed by atoms with Crippen LogP contribution in [0.3, 0.4) is 0 Å². The summed E-state index contributed by atoms with van der Waals surface area (Å²) in [5, 5.41) is 4.02. The lowest BCUT2D eigenvalue weighted by atomic mass is 10.5. The zero-order valence-electron chi connectivity index (χ0n) is 6.49. The molecule has 1 heterocycles. The van der Waals surface area contributed by atoms with Crippen LogP contribution in [0.1, 0.15) is 0 Å². The van der Waals surface area contributed by atoms with Gasteiger partial charge in [-0.3, -0.25) is 0 Å². The van der Waals surface area contributed by atoms with Gasteiger partial charge in [0, 0.05) is 19.4 Å². The molecule has 1 rings (SSSR count). The molecule has 0 aliphatic carbocycles. The zero-order chi connectivity index (χ0) is 8.10. The van der Waals surface area contributed by atoms with Crippen molar-refractivity contribution >= 4 is 6.20 Å². The molecule has 0 unspecified atom stereocenters. The standard InChI is InChI=1S/C8H11N3/c1-3-11-7-5-4-6-8(11)10-9-2/h3-7,9H,1H2,2H3/b10-8-. The van der Waals surface area contributed by atoms with E-state index in [1.165, 1.54) is 0 Å². The van der Waals surface area contributed by atoms with E-state index in [4.69, 9.17) is 0 Å². The molecule has 1 aromatic rings. The SMILES string of the molecule is C=Cn1cccc/c1=N/NC. The van der Waals surface area contributed by atoms with E-state index in [0.717, 1.165) is 5.49 Å². The lowest BCUT2D eigenvalue weighted by Crippen LogP contribution is -2.18. The largest absolute Gasteiger partial charge is 0.311 e. The highest BCUT2D eigenvalue weighted by molar-refractivity contribution is 5.16. The van der Waals surface area contributed by atoms with E-state index in [1.54, 1.807) is 13.2 Å². The molecule has 0 spiro atoms. The predicted molar refractivity (Wildman–Crippen MR) is 45.4 cm³/mol. The summed E-state index contributed by atoms with van der Waals surface area (Å²) in [7, 11) is 1.76. The van der Waals surface area contributed by atoms with Gasteiger partial charge >= 0.3 is 0 Å². The van der Waals surface area contributed by atoms with Crippen LogP contribution >= 0.6 is 0 Å². The molecule has 0 aliphatic heterocycles. The van der Waals surface area contributed by atoms with Crippen LogP contribution in [0.25, 0.3) is 6.20 Å². The number of pyridine rings is 1. The molecule has 0 fully saturated rings. The van der Waals surface area contributed by atoms with E-state index in [-0.39, 0.29) is 0 Å². The first-order valence-electron chi connectivity index (χ1n) is 3.38. The Morgan fingerprint density at radius 2 is 2.45 bits per heavy atom.